The molecular weight excluding hydrogens is 258 g/mol. The molecular formula is C11H19NO5S. The Morgan fingerprint density at radius 2 is 1.78 bits per heavy atom. The minimum atomic E-state index is -3.57. The Labute approximate surface area is 107 Å². The van der Waals surface area contributed by atoms with Crippen molar-refractivity contribution in [2.75, 3.05) is 12.3 Å². The largest absolute Gasteiger partial charge is 0.480 e. The fraction of sp³-hybridized carbons (Fsp3) is 0.818. The standard InChI is InChI=1S/C11H19NO5S/c1-11(2,3)18(16,17)7-9(13)12(6-10(14)15)8-4-5-8/h8H,4-7H2,1-3H3,(H,14,15). The van der Waals surface area contributed by atoms with Gasteiger partial charge in [-0.1, -0.05) is 0 Å². The van der Waals surface area contributed by atoms with Gasteiger partial charge in [-0.25, -0.2) is 8.42 Å². The Morgan fingerprint density at radius 3 is 2.11 bits per heavy atom. The highest BCUT2D eigenvalue weighted by atomic mass is 32.2. The lowest BCUT2D eigenvalue weighted by atomic mass is 10.3. The van der Waals surface area contributed by atoms with E-state index in [0.29, 0.717) is 0 Å². The maximum absolute atomic E-state index is 11.9. The van der Waals surface area contributed by atoms with E-state index in [1.807, 2.05) is 0 Å². The molecule has 1 amide bonds. The number of sulfone groups is 1. The lowest BCUT2D eigenvalue weighted by molar-refractivity contribution is -0.143. The van der Waals surface area contributed by atoms with E-state index >= 15 is 0 Å². The summed E-state index contributed by atoms with van der Waals surface area (Å²) in [5.41, 5.74) is 0. The zero-order valence-corrected chi connectivity index (χ0v) is 11.7. The van der Waals surface area contributed by atoms with Gasteiger partial charge < -0.3 is 10.0 Å². The van der Waals surface area contributed by atoms with Crippen LogP contribution in [-0.2, 0) is 19.4 Å². The molecule has 0 radical (unpaired) electrons. The van der Waals surface area contributed by atoms with E-state index in [4.69, 9.17) is 5.11 Å². The molecule has 0 aromatic rings. The van der Waals surface area contributed by atoms with Crippen molar-refractivity contribution in [2.45, 2.75) is 44.4 Å². The average Bonchev–Trinajstić information content (AvgIpc) is 2.93. The van der Waals surface area contributed by atoms with E-state index in [1.165, 1.54) is 20.8 Å². The first kappa shape index (κ1) is 14.9. The van der Waals surface area contributed by atoms with Crippen molar-refractivity contribution in [1.82, 2.24) is 4.90 Å². The van der Waals surface area contributed by atoms with E-state index in [-0.39, 0.29) is 6.04 Å². The van der Waals surface area contributed by atoms with E-state index < -0.39 is 38.8 Å². The molecule has 6 nitrogen and oxygen atoms in total. The van der Waals surface area contributed by atoms with Gasteiger partial charge >= 0.3 is 5.97 Å². The van der Waals surface area contributed by atoms with Gasteiger partial charge in [0.05, 0.1) is 4.75 Å². The van der Waals surface area contributed by atoms with Crippen LogP contribution in [0.2, 0.25) is 0 Å². The summed E-state index contributed by atoms with van der Waals surface area (Å²) in [6.45, 7) is 4.14. The molecule has 18 heavy (non-hydrogen) atoms. The Morgan fingerprint density at radius 1 is 1.28 bits per heavy atom. The summed E-state index contributed by atoms with van der Waals surface area (Å²) < 4.78 is 22.8. The molecule has 1 aliphatic carbocycles. The molecule has 0 saturated heterocycles. The van der Waals surface area contributed by atoms with Crippen LogP contribution in [0.25, 0.3) is 0 Å². The monoisotopic (exact) mass is 277 g/mol. The van der Waals surface area contributed by atoms with Gasteiger partial charge in [0.25, 0.3) is 0 Å². The molecule has 1 aliphatic rings. The highest BCUT2D eigenvalue weighted by molar-refractivity contribution is 7.93. The number of amides is 1. The fourth-order valence-corrected chi connectivity index (χ4v) is 2.34. The Hall–Kier alpha value is -1.11. The van der Waals surface area contributed by atoms with Crippen LogP contribution in [0.3, 0.4) is 0 Å². The van der Waals surface area contributed by atoms with Crippen molar-refractivity contribution in [3.63, 3.8) is 0 Å². The summed E-state index contributed by atoms with van der Waals surface area (Å²) in [6.07, 6.45) is 1.49. The summed E-state index contributed by atoms with van der Waals surface area (Å²) in [6, 6.07) is -0.108. The molecule has 1 fully saturated rings. The number of nitrogens with zero attached hydrogens (tertiary/aromatic N) is 1. The summed E-state index contributed by atoms with van der Waals surface area (Å²) in [5.74, 6) is -2.36. The number of aliphatic carboxylic acids is 1. The molecule has 1 N–H and O–H groups in total. The minimum Gasteiger partial charge on any atom is -0.480 e. The zero-order chi connectivity index (χ0) is 14.1. The minimum absolute atomic E-state index is 0.108. The first-order valence-electron chi connectivity index (χ1n) is 5.78. The van der Waals surface area contributed by atoms with E-state index in [1.54, 1.807) is 0 Å². The molecule has 0 spiro atoms. The molecule has 7 heteroatoms. The van der Waals surface area contributed by atoms with Crippen molar-refractivity contribution < 1.29 is 23.1 Å². The van der Waals surface area contributed by atoms with Crippen LogP contribution in [0.4, 0.5) is 0 Å². The van der Waals surface area contributed by atoms with E-state index in [0.717, 1.165) is 17.7 Å². The number of hydrogen-bond donors (Lipinski definition) is 1. The van der Waals surface area contributed by atoms with Gasteiger partial charge in [-0.15, -0.1) is 0 Å². The molecule has 0 aliphatic heterocycles. The highest BCUT2D eigenvalue weighted by Crippen LogP contribution is 2.27. The molecule has 0 atom stereocenters. The number of carbonyl (C=O) groups excluding carboxylic acids is 1. The zero-order valence-electron chi connectivity index (χ0n) is 10.8. The van der Waals surface area contributed by atoms with Crippen LogP contribution in [0.15, 0.2) is 0 Å². The van der Waals surface area contributed by atoms with Gasteiger partial charge in [-0.3, -0.25) is 9.59 Å². The second-order valence-electron chi connectivity index (χ2n) is 5.52. The van der Waals surface area contributed by atoms with E-state index in [2.05, 4.69) is 0 Å². The molecule has 0 aromatic carbocycles. The third-order valence-electron chi connectivity index (χ3n) is 2.86. The van der Waals surface area contributed by atoms with Gasteiger partial charge in [-0.2, -0.15) is 0 Å². The van der Waals surface area contributed by atoms with Gasteiger partial charge in [0.15, 0.2) is 9.84 Å². The summed E-state index contributed by atoms with van der Waals surface area (Å²) in [5, 5.41) is 8.72. The van der Waals surface area contributed by atoms with Gasteiger partial charge in [-0.05, 0) is 33.6 Å². The molecule has 0 aromatic heterocycles. The van der Waals surface area contributed by atoms with E-state index in [9.17, 15) is 18.0 Å². The second-order valence-corrected chi connectivity index (χ2v) is 8.26. The maximum Gasteiger partial charge on any atom is 0.323 e. The molecule has 1 saturated carbocycles. The average molecular weight is 277 g/mol. The predicted octanol–water partition coefficient (Wildman–Crippen LogP) is 0.275. The SMILES string of the molecule is CC(C)(C)S(=O)(=O)CC(=O)N(CC(=O)O)C1CC1. The normalized spacial score (nSPS) is 16.4. The van der Waals surface area contributed by atoms with Gasteiger partial charge in [0, 0.05) is 6.04 Å². The summed E-state index contributed by atoms with van der Waals surface area (Å²) in [7, 11) is -3.57. The van der Waals surface area contributed by atoms with Crippen LogP contribution in [0.1, 0.15) is 33.6 Å². The topological polar surface area (TPSA) is 91.8 Å². The van der Waals surface area contributed by atoms with Crippen molar-refractivity contribution in [1.29, 1.82) is 0 Å². The Kier molecular flexibility index (Phi) is 4.05. The number of hydrogen-bond acceptors (Lipinski definition) is 4. The summed E-state index contributed by atoms with van der Waals surface area (Å²) in [4.78, 5) is 23.7. The lowest BCUT2D eigenvalue weighted by Gasteiger charge is -2.23. The van der Waals surface area contributed by atoms with Crippen LogP contribution in [0, 0.1) is 0 Å². The van der Waals surface area contributed by atoms with Gasteiger partial charge in [0.2, 0.25) is 5.91 Å². The quantitative estimate of drug-likeness (QED) is 0.779. The van der Waals surface area contributed by atoms with Crippen LogP contribution in [-0.4, -0.2) is 53.4 Å². The highest BCUT2D eigenvalue weighted by Gasteiger charge is 2.38. The molecule has 0 unspecified atom stereocenters. The number of carboxylic acids is 1. The Balaban J connectivity index is 2.77. The third kappa shape index (κ3) is 3.69. The van der Waals surface area contributed by atoms with Crippen LogP contribution in [0.5, 0.6) is 0 Å². The molecule has 0 bridgehead atoms. The molecule has 1 rings (SSSR count). The van der Waals surface area contributed by atoms with Crippen molar-refractivity contribution >= 4 is 21.7 Å². The van der Waals surface area contributed by atoms with Gasteiger partial charge in [0.1, 0.15) is 12.3 Å². The lowest BCUT2D eigenvalue weighted by Crippen LogP contribution is -2.43. The third-order valence-corrected chi connectivity index (χ3v) is 5.35. The first-order valence-corrected chi connectivity index (χ1v) is 7.43. The molecule has 104 valence electrons. The predicted molar refractivity (Wildman–Crippen MR) is 65.9 cm³/mol. The molecule has 0 heterocycles. The van der Waals surface area contributed by atoms with Crippen molar-refractivity contribution in [3.8, 4) is 0 Å². The van der Waals surface area contributed by atoms with Crippen molar-refractivity contribution in [3.05, 3.63) is 0 Å². The van der Waals surface area contributed by atoms with Crippen LogP contribution >= 0.6 is 0 Å². The first-order chi connectivity index (χ1) is 8.04. The summed E-state index contributed by atoms with van der Waals surface area (Å²) >= 11 is 0. The number of carboxylic acid groups (broad SMARTS) is 1. The van der Waals surface area contributed by atoms with Crippen LogP contribution < -0.4 is 0 Å². The fourth-order valence-electron chi connectivity index (χ4n) is 1.41. The maximum atomic E-state index is 11.9. The number of carbonyl (C=O) groups is 2. The smallest absolute Gasteiger partial charge is 0.323 e. The number of rotatable bonds is 5. The Bertz CT molecular complexity index is 445. The van der Waals surface area contributed by atoms with Crippen molar-refractivity contribution in [2.24, 2.45) is 0 Å². The second kappa shape index (κ2) is 4.87.